The molecule has 0 fully saturated rings. The van der Waals surface area contributed by atoms with E-state index < -0.39 is 0 Å². The van der Waals surface area contributed by atoms with Crippen molar-refractivity contribution in [3.05, 3.63) is 0 Å². The van der Waals surface area contributed by atoms with Crippen molar-refractivity contribution in [3.63, 3.8) is 0 Å². The van der Waals surface area contributed by atoms with Crippen LogP contribution in [0.25, 0.3) is 0 Å². The molecular weight excluding hydrogens is 174 g/mol. The molecule has 0 aliphatic carbocycles. The van der Waals surface area contributed by atoms with E-state index in [0.29, 0.717) is 18.4 Å². The second-order valence-electron chi connectivity index (χ2n) is 5.23. The summed E-state index contributed by atoms with van der Waals surface area (Å²) in [7, 11) is 2.03. The lowest BCUT2D eigenvalue weighted by atomic mass is 9.90. The Hall–Kier alpha value is -0.370. The Kier molecular flexibility index (Phi) is 5.35. The fourth-order valence-electron chi connectivity index (χ4n) is 1.26. The van der Waals surface area contributed by atoms with Crippen molar-refractivity contribution in [2.45, 2.75) is 53.5 Å². The van der Waals surface area contributed by atoms with Gasteiger partial charge in [-0.25, -0.2) is 0 Å². The largest absolute Gasteiger partial charge is 0.298 e. The van der Waals surface area contributed by atoms with Crippen molar-refractivity contribution < 1.29 is 4.79 Å². The second kappa shape index (κ2) is 5.50. The zero-order chi connectivity index (χ0) is 11.4. The standard InChI is InChI=1S/C12H25NO/c1-7-8-10(2)13(6)9-11(14)12(3,4)5/h10H,7-9H2,1-6H3. The van der Waals surface area contributed by atoms with Crippen LogP contribution in [0.2, 0.25) is 0 Å². The molecule has 2 heteroatoms. The molecule has 0 saturated carbocycles. The number of ketones is 1. The number of carbonyl (C=O) groups excluding carboxylic acids is 1. The third-order valence-corrected chi connectivity index (χ3v) is 2.69. The molecule has 14 heavy (non-hydrogen) atoms. The van der Waals surface area contributed by atoms with E-state index in [4.69, 9.17) is 0 Å². The van der Waals surface area contributed by atoms with E-state index in [2.05, 4.69) is 18.7 Å². The highest BCUT2D eigenvalue weighted by molar-refractivity contribution is 5.85. The highest BCUT2D eigenvalue weighted by Gasteiger charge is 2.23. The van der Waals surface area contributed by atoms with Crippen LogP contribution in [0.3, 0.4) is 0 Å². The molecule has 1 unspecified atom stereocenters. The van der Waals surface area contributed by atoms with Crippen molar-refractivity contribution in [3.8, 4) is 0 Å². The van der Waals surface area contributed by atoms with Gasteiger partial charge in [0.1, 0.15) is 0 Å². The summed E-state index contributed by atoms with van der Waals surface area (Å²) in [6.07, 6.45) is 2.34. The minimum Gasteiger partial charge on any atom is -0.298 e. The van der Waals surface area contributed by atoms with Gasteiger partial charge in [0.2, 0.25) is 0 Å². The van der Waals surface area contributed by atoms with E-state index in [-0.39, 0.29) is 5.41 Å². The van der Waals surface area contributed by atoms with Gasteiger partial charge < -0.3 is 0 Å². The lowest BCUT2D eigenvalue weighted by Gasteiger charge is -2.27. The van der Waals surface area contributed by atoms with Crippen LogP contribution in [-0.2, 0) is 4.79 Å². The van der Waals surface area contributed by atoms with Crippen molar-refractivity contribution in [2.75, 3.05) is 13.6 Å². The maximum atomic E-state index is 11.7. The Labute approximate surface area is 88.7 Å². The maximum Gasteiger partial charge on any atom is 0.152 e. The summed E-state index contributed by atoms with van der Waals surface area (Å²) >= 11 is 0. The van der Waals surface area contributed by atoms with Crippen molar-refractivity contribution in [2.24, 2.45) is 5.41 Å². The Morgan fingerprint density at radius 2 is 1.86 bits per heavy atom. The number of carbonyl (C=O) groups is 1. The molecule has 0 aromatic rings. The lowest BCUT2D eigenvalue weighted by molar-refractivity contribution is -0.127. The molecule has 0 saturated heterocycles. The summed E-state index contributed by atoms with van der Waals surface area (Å²) in [5.41, 5.74) is -0.208. The first-order valence-corrected chi connectivity index (χ1v) is 5.52. The van der Waals surface area contributed by atoms with Gasteiger partial charge in [0.05, 0.1) is 6.54 Å². The summed E-state index contributed by atoms with van der Waals surface area (Å²) in [6, 6.07) is 0.506. The maximum absolute atomic E-state index is 11.7. The molecule has 0 aliphatic rings. The normalized spacial score (nSPS) is 14.5. The Balaban J connectivity index is 4.06. The monoisotopic (exact) mass is 199 g/mol. The van der Waals surface area contributed by atoms with E-state index in [9.17, 15) is 4.79 Å². The van der Waals surface area contributed by atoms with Crippen LogP contribution in [0.5, 0.6) is 0 Å². The smallest absolute Gasteiger partial charge is 0.152 e. The third kappa shape index (κ3) is 4.75. The zero-order valence-electron chi connectivity index (χ0n) is 10.6. The van der Waals surface area contributed by atoms with Crippen LogP contribution in [0.15, 0.2) is 0 Å². The first kappa shape index (κ1) is 13.6. The van der Waals surface area contributed by atoms with Gasteiger partial charge in [0.25, 0.3) is 0 Å². The predicted molar refractivity (Wildman–Crippen MR) is 61.5 cm³/mol. The van der Waals surface area contributed by atoms with Gasteiger partial charge in [-0.1, -0.05) is 34.1 Å². The Morgan fingerprint density at radius 3 is 2.21 bits per heavy atom. The first-order valence-electron chi connectivity index (χ1n) is 5.52. The van der Waals surface area contributed by atoms with Crippen LogP contribution < -0.4 is 0 Å². The molecule has 0 radical (unpaired) electrons. The molecule has 0 N–H and O–H groups in total. The Morgan fingerprint density at radius 1 is 1.36 bits per heavy atom. The third-order valence-electron chi connectivity index (χ3n) is 2.69. The molecule has 0 spiro atoms. The Bertz CT molecular complexity index is 181. The molecule has 0 aromatic carbocycles. The quantitative estimate of drug-likeness (QED) is 0.678. The SMILES string of the molecule is CCCC(C)N(C)CC(=O)C(C)(C)C. The van der Waals surface area contributed by atoms with Gasteiger partial charge >= 0.3 is 0 Å². The minimum absolute atomic E-state index is 0.208. The number of rotatable bonds is 5. The van der Waals surface area contributed by atoms with Crippen molar-refractivity contribution >= 4 is 5.78 Å². The molecular formula is C12H25NO. The van der Waals surface area contributed by atoms with Gasteiger partial charge in [-0.3, -0.25) is 9.69 Å². The van der Waals surface area contributed by atoms with E-state index in [1.165, 1.54) is 6.42 Å². The van der Waals surface area contributed by atoms with E-state index in [1.54, 1.807) is 0 Å². The summed E-state index contributed by atoms with van der Waals surface area (Å²) < 4.78 is 0. The molecule has 84 valence electrons. The van der Waals surface area contributed by atoms with Gasteiger partial charge in [0.15, 0.2) is 5.78 Å². The molecule has 2 nitrogen and oxygen atoms in total. The van der Waals surface area contributed by atoms with E-state index >= 15 is 0 Å². The fraction of sp³-hybridized carbons (Fsp3) is 0.917. The summed E-state index contributed by atoms with van der Waals surface area (Å²) in [5.74, 6) is 0.322. The average Bonchev–Trinajstić information content (AvgIpc) is 2.02. The van der Waals surface area contributed by atoms with Crippen LogP contribution in [0.4, 0.5) is 0 Å². The first-order chi connectivity index (χ1) is 6.29. The van der Waals surface area contributed by atoms with Crippen molar-refractivity contribution in [1.82, 2.24) is 4.90 Å². The van der Waals surface area contributed by atoms with E-state index in [0.717, 1.165) is 6.42 Å². The van der Waals surface area contributed by atoms with Crippen molar-refractivity contribution in [1.29, 1.82) is 0 Å². The lowest BCUT2D eigenvalue weighted by Crippen LogP contribution is -2.38. The fourth-order valence-corrected chi connectivity index (χ4v) is 1.26. The average molecular weight is 199 g/mol. The number of Topliss-reactive ketones (excluding diaryl/α,β-unsaturated/α-hetero) is 1. The molecule has 0 rings (SSSR count). The molecule has 0 bridgehead atoms. The molecule has 0 heterocycles. The molecule has 0 aliphatic heterocycles. The van der Waals surface area contributed by atoms with Crippen LogP contribution >= 0.6 is 0 Å². The van der Waals surface area contributed by atoms with Gasteiger partial charge in [0, 0.05) is 11.5 Å². The van der Waals surface area contributed by atoms with Crippen LogP contribution in [-0.4, -0.2) is 30.3 Å². The number of nitrogens with zero attached hydrogens (tertiary/aromatic N) is 1. The second-order valence-corrected chi connectivity index (χ2v) is 5.23. The summed E-state index contributed by atoms with van der Waals surface area (Å²) in [4.78, 5) is 13.9. The number of hydrogen-bond donors (Lipinski definition) is 0. The predicted octanol–water partition coefficient (Wildman–Crippen LogP) is 2.72. The topological polar surface area (TPSA) is 20.3 Å². The summed E-state index contributed by atoms with van der Waals surface area (Å²) in [6.45, 7) is 10.9. The van der Waals surface area contributed by atoms with Crippen LogP contribution in [0, 0.1) is 5.41 Å². The van der Waals surface area contributed by atoms with Crippen LogP contribution in [0.1, 0.15) is 47.5 Å². The highest BCUT2D eigenvalue weighted by atomic mass is 16.1. The highest BCUT2D eigenvalue weighted by Crippen LogP contribution is 2.16. The summed E-state index contributed by atoms with van der Waals surface area (Å²) in [5, 5.41) is 0. The zero-order valence-corrected chi connectivity index (χ0v) is 10.6. The number of likely N-dealkylation sites (N-methyl/N-ethyl adjacent to an activating group) is 1. The number of hydrogen-bond acceptors (Lipinski definition) is 2. The molecule has 0 aromatic heterocycles. The van der Waals surface area contributed by atoms with Gasteiger partial charge in [-0.05, 0) is 20.4 Å². The molecule has 1 atom stereocenters. The van der Waals surface area contributed by atoms with Gasteiger partial charge in [-0.2, -0.15) is 0 Å². The molecule has 0 amide bonds. The minimum atomic E-state index is -0.208. The van der Waals surface area contributed by atoms with E-state index in [1.807, 2.05) is 27.8 Å². The van der Waals surface area contributed by atoms with Gasteiger partial charge in [-0.15, -0.1) is 0 Å².